The van der Waals surface area contributed by atoms with Gasteiger partial charge in [0.15, 0.2) is 0 Å². The molecular formula is C17H20BrN5O3. The number of carbonyl (C=O) groups is 2. The molecular weight excluding hydrogens is 402 g/mol. The molecule has 0 spiro atoms. The van der Waals surface area contributed by atoms with E-state index < -0.39 is 12.5 Å². The highest BCUT2D eigenvalue weighted by Gasteiger charge is 2.42. The van der Waals surface area contributed by atoms with Crippen molar-refractivity contribution in [3.8, 4) is 0 Å². The molecule has 1 aliphatic heterocycles. The van der Waals surface area contributed by atoms with E-state index >= 15 is 0 Å². The zero-order valence-corrected chi connectivity index (χ0v) is 15.6. The number of hydrogen-bond donors (Lipinski definition) is 3. The van der Waals surface area contributed by atoms with Crippen molar-refractivity contribution in [1.82, 2.24) is 14.5 Å². The number of fused-ring (bicyclic) bond motifs is 2. The van der Waals surface area contributed by atoms with Crippen LogP contribution < -0.4 is 11.1 Å². The van der Waals surface area contributed by atoms with Crippen molar-refractivity contribution in [2.45, 2.75) is 18.9 Å². The predicted molar refractivity (Wildman–Crippen MR) is 98.7 cm³/mol. The number of carbonyl (C=O) groups excluding carboxylic acids is 2. The molecule has 3 heterocycles. The molecule has 138 valence electrons. The number of anilines is 1. The van der Waals surface area contributed by atoms with E-state index in [0.29, 0.717) is 36.2 Å². The van der Waals surface area contributed by atoms with E-state index in [1.165, 1.54) is 6.20 Å². The van der Waals surface area contributed by atoms with Crippen LogP contribution in [0.1, 0.15) is 23.2 Å². The Bertz CT molecular complexity index is 869. The van der Waals surface area contributed by atoms with Crippen molar-refractivity contribution in [3.05, 3.63) is 28.5 Å². The Morgan fingerprint density at radius 3 is 2.65 bits per heavy atom. The number of nitrogens with zero attached hydrogens (tertiary/aromatic N) is 3. The van der Waals surface area contributed by atoms with Crippen LogP contribution in [0, 0.1) is 11.8 Å². The average Bonchev–Trinajstić information content (AvgIpc) is 3.25. The first kappa shape index (κ1) is 17.3. The fraction of sp³-hybridized carbons (Fsp3) is 0.471. The van der Waals surface area contributed by atoms with Gasteiger partial charge in [0.2, 0.25) is 5.91 Å². The van der Waals surface area contributed by atoms with Gasteiger partial charge in [-0.25, -0.2) is 4.52 Å². The number of nitrogens with one attached hydrogen (secondary N) is 1. The molecule has 0 radical (unpaired) electrons. The van der Waals surface area contributed by atoms with Crippen molar-refractivity contribution >= 4 is 38.9 Å². The van der Waals surface area contributed by atoms with Crippen molar-refractivity contribution in [2.75, 3.05) is 25.0 Å². The van der Waals surface area contributed by atoms with Crippen LogP contribution in [-0.4, -0.2) is 57.2 Å². The van der Waals surface area contributed by atoms with Crippen molar-refractivity contribution in [3.63, 3.8) is 0 Å². The zero-order valence-electron chi connectivity index (χ0n) is 14.1. The number of rotatable bonds is 4. The van der Waals surface area contributed by atoms with Crippen LogP contribution in [0.5, 0.6) is 0 Å². The molecule has 0 bridgehead atoms. The number of halogens is 1. The molecule has 4 rings (SSSR count). The van der Waals surface area contributed by atoms with Crippen molar-refractivity contribution in [1.29, 1.82) is 0 Å². The first-order chi connectivity index (χ1) is 12.5. The SMILES string of the molecule is NC(=O)c1cnn2cc(Br)cc2c1NC1CC2CN(C(=O)CO)CC2C1. The van der Waals surface area contributed by atoms with Crippen LogP contribution in [0.4, 0.5) is 5.69 Å². The second-order valence-corrected chi connectivity index (χ2v) is 7.99. The number of aliphatic hydroxyl groups is 1. The van der Waals surface area contributed by atoms with Gasteiger partial charge in [0.1, 0.15) is 6.61 Å². The van der Waals surface area contributed by atoms with Crippen LogP contribution in [0.2, 0.25) is 0 Å². The van der Waals surface area contributed by atoms with Gasteiger partial charge < -0.3 is 21.1 Å². The van der Waals surface area contributed by atoms with Crippen LogP contribution >= 0.6 is 15.9 Å². The molecule has 2 amide bonds. The molecule has 1 saturated carbocycles. The smallest absolute Gasteiger partial charge is 0.252 e. The lowest BCUT2D eigenvalue weighted by molar-refractivity contribution is -0.133. The highest BCUT2D eigenvalue weighted by atomic mass is 79.9. The molecule has 2 aromatic rings. The van der Waals surface area contributed by atoms with Gasteiger partial charge in [-0.05, 0) is 46.7 Å². The molecule has 2 fully saturated rings. The number of aliphatic hydroxyl groups excluding tert-OH is 1. The van der Waals surface area contributed by atoms with Crippen LogP contribution in [0.3, 0.4) is 0 Å². The number of aromatic nitrogens is 2. The van der Waals surface area contributed by atoms with E-state index in [4.69, 9.17) is 10.8 Å². The van der Waals surface area contributed by atoms with Crippen molar-refractivity contribution < 1.29 is 14.7 Å². The molecule has 8 nitrogen and oxygen atoms in total. The second-order valence-electron chi connectivity index (χ2n) is 7.08. The summed E-state index contributed by atoms with van der Waals surface area (Å²) in [7, 11) is 0. The van der Waals surface area contributed by atoms with Gasteiger partial charge in [-0.3, -0.25) is 9.59 Å². The summed E-state index contributed by atoms with van der Waals surface area (Å²) in [6.45, 7) is 0.946. The van der Waals surface area contributed by atoms with E-state index in [1.54, 1.807) is 9.42 Å². The third kappa shape index (κ3) is 2.95. The van der Waals surface area contributed by atoms with Crippen LogP contribution in [-0.2, 0) is 4.79 Å². The first-order valence-electron chi connectivity index (χ1n) is 8.58. The van der Waals surface area contributed by atoms with Gasteiger partial charge in [0, 0.05) is 29.8 Å². The minimum Gasteiger partial charge on any atom is -0.387 e. The molecule has 2 aliphatic rings. The zero-order chi connectivity index (χ0) is 18.4. The van der Waals surface area contributed by atoms with E-state index in [2.05, 4.69) is 26.3 Å². The molecule has 9 heteroatoms. The van der Waals surface area contributed by atoms with Crippen LogP contribution in [0.15, 0.2) is 22.9 Å². The maximum absolute atomic E-state index is 11.8. The van der Waals surface area contributed by atoms with E-state index in [-0.39, 0.29) is 11.9 Å². The first-order valence-corrected chi connectivity index (χ1v) is 9.37. The summed E-state index contributed by atoms with van der Waals surface area (Å²) in [5.41, 5.74) is 7.40. The molecule has 2 aromatic heterocycles. The van der Waals surface area contributed by atoms with Gasteiger partial charge in [-0.2, -0.15) is 5.10 Å². The predicted octanol–water partition coefficient (Wildman–Crippen LogP) is 0.837. The van der Waals surface area contributed by atoms with Crippen molar-refractivity contribution in [2.24, 2.45) is 17.6 Å². The summed E-state index contributed by atoms with van der Waals surface area (Å²) in [6, 6.07) is 2.11. The third-order valence-corrected chi connectivity index (χ3v) is 5.89. The Labute approximate surface area is 158 Å². The lowest BCUT2D eigenvalue weighted by Crippen LogP contribution is -2.33. The molecule has 2 unspecified atom stereocenters. The summed E-state index contributed by atoms with van der Waals surface area (Å²) in [5.74, 6) is 0.111. The Hall–Kier alpha value is -2.13. The summed E-state index contributed by atoms with van der Waals surface area (Å²) in [5, 5.41) is 16.8. The van der Waals surface area contributed by atoms with Gasteiger partial charge >= 0.3 is 0 Å². The van der Waals surface area contributed by atoms with E-state index in [0.717, 1.165) is 22.8 Å². The molecule has 0 aromatic carbocycles. The summed E-state index contributed by atoms with van der Waals surface area (Å²) < 4.78 is 2.58. The fourth-order valence-corrected chi connectivity index (χ4v) is 4.70. The standard InChI is InChI=1S/C17H20BrN5O3/c18-11-3-14-16(13(17(19)26)4-20-23(14)7-11)21-12-1-9-5-22(15(25)8-24)6-10(9)2-12/h3-4,7,9-10,12,21,24H,1-2,5-6,8H2,(H2,19,26). The minimum absolute atomic E-state index is 0.200. The Kier molecular flexibility index (Phi) is 4.36. The van der Waals surface area contributed by atoms with Gasteiger partial charge in [0.05, 0.1) is 23.0 Å². The highest BCUT2D eigenvalue weighted by Crippen LogP contribution is 2.40. The van der Waals surface area contributed by atoms with Gasteiger partial charge in [-0.1, -0.05) is 0 Å². The normalized spacial score (nSPS) is 24.8. The lowest BCUT2D eigenvalue weighted by atomic mass is 10.0. The number of likely N-dealkylation sites (tertiary alicyclic amines) is 1. The summed E-state index contributed by atoms with van der Waals surface area (Å²) in [4.78, 5) is 25.3. The Morgan fingerprint density at radius 1 is 1.35 bits per heavy atom. The van der Waals surface area contributed by atoms with Gasteiger partial charge in [-0.15, -0.1) is 0 Å². The molecule has 2 atom stereocenters. The monoisotopic (exact) mass is 421 g/mol. The minimum atomic E-state index is -0.516. The number of amides is 2. The lowest BCUT2D eigenvalue weighted by Gasteiger charge is -2.21. The maximum Gasteiger partial charge on any atom is 0.252 e. The second kappa shape index (κ2) is 6.55. The molecule has 1 aliphatic carbocycles. The molecule has 1 saturated heterocycles. The van der Waals surface area contributed by atoms with Crippen LogP contribution in [0.25, 0.3) is 5.52 Å². The number of nitrogens with two attached hydrogens (primary N) is 1. The highest BCUT2D eigenvalue weighted by molar-refractivity contribution is 9.10. The largest absolute Gasteiger partial charge is 0.387 e. The fourth-order valence-electron chi connectivity index (χ4n) is 4.29. The maximum atomic E-state index is 11.8. The van der Waals surface area contributed by atoms with Gasteiger partial charge in [0.25, 0.3) is 5.91 Å². The average molecular weight is 422 g/mol. The summed E-state index contributed by atoms with van der Waals surface area (Å²) >= 11 is 3.44. The van der Waals surface area contributed by atoms with E-state index in [9.17, 15) is 9.59 Å². The summed E-state index contributed by atoms with van der Waals surface area (Å²) in [6.07, 6.45) is 5.14. The number of hydrogen-bond acceptors (Lipinski definition) is 5. The molecule has 26 heavy (non-hydrogen) atoms. The topological polar surface area (TPSA) is 113 Å². The number of primary amides is 1. The Morgan fingerprint density at radius 2 is 2.04 bits per heavy atom. The third-order valence-electron chi connectivity index (χ3n) is 5.46. The molecule has 4 N–H and O–H groups in total. The quantitative estimate of drug-likeness (QED) is 0.676. The van der Waals surface area contributed by atoms with E-state index in [1.807, 2.05) is 12.3 Å². The Balaban J connectivity index is 1.55.